The number of carbonyl (C=O) groups excluding carboxylic acids is 2. The van der Waals surface area contributed by atoms with Crippen molar-refractivity contribution in [3.8, 4) is 0 Å². The maximum absolute atomic E-state index is 12.1. The molecule has 2 N–H and O–H groups in total. The molecule has 23 heavy (non-hydrogen) atoms. The molecule has 0 aliphatic carbocycles. The van der Waals surface area contributed by atoms with Crippen LogP contribution in [-0.2, 0) is 14.3 Å². The number of hydrogen-bond donors (Lipinski definition) is 2. The van der Waals surface area contributed by atoms with Crippen molar-refractivity contribution >= 4 is 11.9 Å². The molecule has 124 valence electrons. The summed E-state index contributed by atoms with van der Waals surface area (Å²) in [5.74, 6) is -1.06. The van der Waals surface area contributed by atoms with Gasteiger partial charge >= 0.3 is 11.9 Å². The van der Waals surface area contributed by atoms with Gasteiger partial charge < -0.3 is 15.4 Å². The van der Waals surface area contributed by atoms with E-state index >= 15 is 0 Å². The molecule has 5 nitrogen and oxygen atoms in total. The molecule has 0 spiro atoms. The van der Waals surface area contributed by atoms with Crippen LogP contribution in [0.15, 0.2) is 47.9 Å². The van der Waals surface area contributed by atoms with Crippen molar-refractivity contribution in [2.45, 2.75) is 51.6 Å². The van der Waals surface area contributed by atoms with Crippen LogP contribution >= 0.6 is 0 Å². The highest BCUT2D eigenvalue weighted by molar-refractivity contribution is 5.87. The van der Waals surface area contributed by atoms with E-state index in [2.05, 4.69) is 10.6 Å². The Morgan fingerprint density at radius 1 is 0.913 bits per heavy atom. The molecule has 0 amide bonds. The molecular formula is C18H24N2O3. The van der Waals surface area contributed by atoms with Gasteiger partial charge in [0.25, 0.3) is 0 Å². The molecule has 0 bridgehead atoms. The Bertz CT molecular complexity index is 576. The van der Waals surface area contributed by atoms with Crippen LogP contribution < -0.4 is 10.6 Å². The zero-order valence-electron chi connectivity index (χ0n) is 14.1. The van der Waals surface area contributed by atoms with Crippen molar-refractivity contribution in [3.63, 3.8) is 0 Å². The summed E-state index contributed by atoms with van der Waals surface area (Å²) in [6.45, 7) is 7.64. The van der Waals surface area contributed by atoms with Crippen molar-refractivity contribution in [1.82, 2.24) is 10.6 Å². The molecule has 0 saturated carbocycles. The molecule has 2 unspecified atom stereocenters. The predicted molar refractivity (Wildman–Crippen MR) is 89.2 cm³/mol. The third-order valence-electron chi connectivity index (χ3n) is 3.84. The lowest BCUT2D eigenvalue weighted by molar-refractivity contribution is -0.160. The summed E-state index contributed by atoms with van der Waals surface area (Å²) in [5.41, 5.74) is 0.895. The maximum Gasteiger partial charge on any atom is 0.316 e. The molecule has 0 saturated heterocycles. The van der Waals surface area contributed by atoms with Gasteiger partial charge in [-0.1, -0.05) is 24.3 Å². The van der Waals surface area contributed by atoms with E-state index in [1.54, 1.807) is 0 Å². The van der Waals surface area contributed by atoms with Crippen LogP contribution in [0.2, 0.25) is 0 Å². The van der Waals surface area contributed by atoms with Crippen molar-refractivity contribution in [2.24, 2.45) is 0 Å². The molecule has 0 aromatic heterocycles. The lowest BCUT2D eigenvalue weighted by Gasteiger charge is -2.31. The molecule has 2 rings (SSSR count). The van der Waals surface area contributed by atoms with Gasteiger partial charge in [0.05, 0.1) is 23.9 Å². The standard InChI is InChI=1S/C18H24N2O3/c1-13-7-5-9-17(3,19-13)11-15(21)23-16(22)12-18(4)10-6-8-14(2)20-18/h5-10,19-20H,11-12H2,1-4H3. The number of allylic oxidation sites excluding steroid dienone is 6. The summed E-state index contributed by atoms with van der Waals surface area (Å²) in [6.07, 6.45) is 11.6. The number of esters is 2. The third-order valence-corrected chi connectivity index (χ3v) is 3.84. The number of dihydropyridines is 2. The van der Waals surface area contributed by atoms with Crippen molar-refractivity contribution in [3.05, 3.63) is 47.9 Å². The first-order valence-corrected chi connectivity index (χ1v) is 7.72. The quantitative estimate of drug-likeness (QED) is 0.616. The lowest BCUT2D eigenvalue weighted by Crippen LogP contribution is -2.44. The molecule has 0 aromatic carbocycles. The highest BCUT2D eigenvalue weighted by Crippen LogP contribution is 2.21. The maximum atomic E-state index is 12.1. The second kappa shape index (κ2) is 6.44. The van der Waals surface area contributed by atoms with Crippen molar-refractivity contribution in [1.29, 1.82) is 0 Å². The summed E-state index contributed by atoms with van der Waals surface area (Å²) in [5, 5.41) is 6.45. The molecular weight excluding hydrogens is 292 g/mol. The average molecular weight is 316 g/mol. The zero-order valence-corrected chi connectivity index (χ0v) is 14.1. The molecule has 2 atom stereocenters. The first-order valence-electron chi connectivity index (χ1n) is 7.72. The van der Waals surface area contributed by atoms with E-state index in [0.29, 0.717) is 0 Å². The van der Waals surface area contributed by atoms with Gasteiger partial charge in [-0.25, -0.2) is 0 Å². The van der Waals surface area contributed by atoms with E-state index in [1.165, 1.54) is 0 Å². The number of rotatable bonds is 4. The zero-order chi connectivity index (χ0) is 17.1. The van der Waals surface area contributed by atoms with Crippen LogP contribution in [0.5, 0.6) is 0 Å². The Kier molecular flexibility index (Phi) is 4.78. The highest BCUT2D eigenvalue weighted by atomic mass is 16.6. The third kappa shape index (κ3) is 4.84. The van der Waals surface area contributed by atoms with Crippen LogP contribution in [0.3, 0.4) is 0 Å². The predicted octanol–water partition coefficient (Wildman–Crippen LogP) is 2.48. The van der Waals surface area contributed by atoms with Crippen LogP contribution in [0.1, 0.15) is 40.5 Å². The molecule has 2 heterocycles. The highest BCUT2D eigenvalue weighted by Gasteiger charge is 2.31. The van der Waals surface area contributed by atoms with Gasteiger partial charge in [0.2, 0.25) is 0 Å². The van der Waals surface area contributed by atoms with E-state index in [1.807, 2.05) is 64.2 Å². The van der Waals surface area contributed by atoms with Crippen LogP contribution in [-0.4, -0.2) is 23.0 Å². The molecule has 2 aliphatic heterocycles. The fourth-order valence-electron chi connectivity index (χ4n) is 2.88. The van der Waals surface area contributed by atoms with Gasteiger partial charge in [-0.15, -0.1) is 0 Å². The fourth-order valence-corrected chi connectivity index (χ4v) is 2.88. The first-order chi connectivity index (χ1) is 10.7. The molecule has 0 radical (unpaired) electrons. The lowest BCUT2D eigenvalue weighted by atomic mass is 9.93. The topological polar surface area (TPSA) is 67.4 Å². The minimum atomic E-state index is -0.528. The first kappa shape index (κ1) is 17.1. The largest absolute Gasteiger partial charge is 0.393 e. The van der Waals surface area contributed by atoms with Crippen LogP contribution in [0, 0.1) is 0 Å². The molecule has 0 aromatic rings. The van der Waals surface area contributed by atoms with E-state index in [4.69, 9.17) is 4.74 Å². The monoisotopic (exact) mass is 316 g/mol. The number of nitrogens with one attached hydrogen (secondary N) is 2. The summed E-state index contributed by atoms with van der Waals surface area (Å²) in [7, 11) is 0. The number of carbonyl (C=O) groups is 2. The Morgan fingerprint density at radius 3 is 1.65 bits per heavy atom. The van der Waals surface area contributed by atoms with E-state index < -0.39 is 23.0 Å². The average Bonchev–Trinajstić information content (AvgIpc) is 2.35. The van der Waals surface area contributed by atoms with Crippen molar-refractivity contribution in [2.75, 3.05) is 0 Å². The molecule has 0 fully saturated rings. The van der Waals surface area contributed by atoms with Crippen LogP contribution in [0.25, 0.3) is 0 Å². The Balaban J connectivity index is 1.87. The Morgan fingerprint density at radius 2 is 1.30 bits per heavy atom. The number of ether oxygens (including phenoxy) is 1. The number of hydrogen-bond acceptors (Lipinski definition) is 5. The fraction of sp³-hybridized carbons (Fsp3) is 0.444. The van der Waals surface area contributed by atoms with E-state index in [9.17, 15) is 9.59 Å². The van der Waals surface area contributed by atoms with Crippen LogP contribution in [0.4, 0.5) is 0 Å². The van der Waals surface area contributed by atoms with Gasteiger partial charge in [0.15, 0.2) is 0 Å². The summed E-state index contributed by atoms with van der Waals surface area (Å²) >= 11 is 0. The van der Waals surface area contributed by atoms with Gasteiger partial charge in [-0.2, -0.15) is 0 Å². The van der Waals surface area contributed by atoms with Gasteiger partial charge in [0.1, 0.15) is 0 Å². The summed E-state index contributed by atoms with van der Waals surface area (Å²) in [4.78, 5) is 24.1. The molecule has 5 heteroatoms. The van der Waals surface area contributed by atoms with E-state index in [-0.39, 0.29) is 12.8 Å². The summed E-state index contributed by atoms with van der Waals surface area (Å²) < 4.78 is 4.99. The van der Waals surface area contributed by atoms with Gasteiger partial charge in [-0.3, -0.25) is 9.59 Å². The normalized spacial score (nSPS) is 29.0. The van der Waals surface area contributed by atoms with E-state index in [0.717, 1.165) is 11.4 Å². The van der Waals surface area contributed by atoms with Gasteiger partial charge in [0, 0.05) is 11.4 Å². The minimum absolute atomic E-state index is 0.0966. The second-order valence-corrected chi connectivity index (χ2v) is 6.70. The van der Waals surface area contributed by atoms with Crippen molar-refractivity contribution < 1.29 is 14.3 Å². The summed E-state index contributed by atoms with van der Waals surface area (Å²) in [6, 6.07) is 0. The Hall–Kier alpha value is -2.30. The second-order valence-electron chi connectivity index (χ2n) is 6.70. The minimum Gasteiger partial charge on any atom is -0.393 e. The SMILES string of the molecule is CC1=CC=CC(C)(CC(=O)OC(=O)CC2(C)C=CC=C(C)N2)N1. The Labute approximate surface area is 137 Å². The van der Waals surface area contributed by atoms with Gasteiger partial charge in [-0.05, 0) is 39.8 Å². The smallest absolute Gasteiger partial charge is 0.316 e. The molecule has 2 aliphatic rings.